The lowest BCUT2D eigenvalue weighted by molar-refractivity contribution is 0.0874. The molecular weight excluding hydrogens is 252 g/mol. The average molecular weight is 271 g/mol. The predicted molar refractivity (Wildman–Crippen MR) is 74.0 cm³/mol. The molecule has 1 aliphatic rings. The van der Waals surface area contributed by atoms with Gasteiger partial charge in [-0.25, -0.2) is 0 Å². The summed E-state index contributed by atoms with van der Waals surface area (Å²) >= 11 is 7.50. The first-order valence-electron chi connectivity index (χ1n) is 6.49. The molecule has 0 aromatic carbocycles. The van der Waals surface area contributed by atoms with E-state index in [0.717, 1.165) is 23.6 Å². The van der Waals surface area contributed by atoms with Crippen LogP contribution in [-0.2, 0) is 0 Å². The van der Waals surface area contributed by atoms with Crippen LogP contribution in [0.5, 0.6) is 0 Å². The van der Waals surface area contributed by atoms with Gasteiger partial charge in [0.25, 0.3) is 0 Å². The van der Waals surface area contributed by atoms with Crippen LogP contribution in [0.3, 0.4) is 0 Å². The van der Waals surface area contributed by atoms with Crippen molar-refractivity contribution < 1.29 is 4.79 Å². The Morgan fingerprint density at radius 1 is 1.41 bits per heavy atom. The third kappa shape index (κ3) is 3.11. The minimum Gasteiger partial charge on any atom is -0.293 e. The maximum atomic E-state index is 12.3. The molecule has 1 aromatic rings. The molecule has 0 unspecified atom stereocenters. The normalized spacial score (nSPS) is 24.8. The molecule has 1 aromatic heterocycles. The van der Waals surface area contributed by atoms with Crippen LogP contribution in [0, 0.1) is 11.8 Å². The molecule has 0 bridgehead atoms. The van der Waals surface area contributed by atoms with Crippen molar-refractivity contribution >= 4 is 28.7 Å². The van der Waals surface area contributed by atoms with Gasteiger partial charge in [-0.1, -0.05) is 31.4 Å². The number of ketones is 1. The van der Waals surface area contributed by atoms with Gasteiger partial charge in [0.2, 0.25) is 0 Å². The van der Waals surface area contributed by atoms with Crippen molar-refractivity contribution in [3.05, 3.63) is 21.3 Å². The number of Topliss-reactive ketones (excluding diaryl/α,β-unsaturated/α-hetero) is 1. The molecule has 0 N–H and O–H groups in total. The smallest absolute Gasteiger partial charge is 0.177 e. The molecule has 0 saturated heterocycles. The van der Waals surface area contributed by atoms with Crippen LogP contribution < -0.4 is 0 Å². The molecule has 94 valence electrons. The van der Waals surface area contributed by atoms with Crippen LogP contribution >= 0.6 is 22.9 Å². The lowest BCUT2D eigenvalue weighted by Gasteiger charge is -2.27. The van der Waals surface area contributed by atoms with E-state index in [0.29, 0.717) is 5.02 Å². The molecule has 2 rings (SSSR count). The number of rotatable bonds is 4. The number of carbonyl (C=O) groups is 1. The molecule has 1 heterocycles. The molecular formula is C14H19ClOS. The Kier molecular flexibility index (Phi) is 4.63. The SMILES string of the molecule is CCCC1CCC(C(=O)c2sccc2Cl)CC1. The summed E-state index contributed by atoms with van der Waals surface area (Å²) in [6.07, 6.45) is 7.12. The molecule has 0 amide bonds. The molecule has 1 saturated carbocycles. The largest absolute Gasteiger partial charge is 0.293 e. The van der Waals surface area contributed by atoms with Gasteiger partial charge in [-0.15, -0.1) is 11.3 Å². The summed E-state index contributed by atoms with van der Waals surface area (Å²) in [7, 11) is 0. The Morgan fingerprint density at radius 2 is 2.12 bits per heavy atom. The van der Waals surface area contributed by atoms with Gasteiger partial charge in [-0.05, 0) is 43.0 Å². The van der Waals surface area contributed by atoms with Gasteiger partial charge in [0.05, 0.1) is 9.90 Å². The van der Waals surface area contributed by atoms with E-state index in [1.807, 2.05) is 11.4 Å². The summed E-state index contributed by atoms with van der Waals surface area (Å²) in [4.78, 5) is 13.0. The van der Waals surface area contributed by atoms with Gasteiger partial charge in [0.15, 0.2) is 5.78 Å². The number of hydrogen-bond acceptors (Lipinski definition) is 2. The predicted octanol–water partition coefficient (Wildman–Crippen LogP) is 5.19. The third-order valence-corrected chi connectivity index (χ3v) is 5.11. The summed E-state index contributed by atoms with van der Waals surface area (Å²) in [5.41, 5.74) is 0. The molecule has 1 fully saturated rings. The monoisotopic (exact) mass is 270 g/mol. The zero-order chi connectivity index (χ0) is 12.3. The van der Waals surface area contributed by atoms with E-state index in [-0.39, 0.29) is 11.7 Å². The van der Waals surface area contributed by atoms with E-state index in [1.54, 1.807) is 0 Å². The second kappa shape index (κ2) is 6.01. The highest BCUT2D eigenvalue weighted by Crippen LogP contribution is 2.35. The highest BCUT2D eigenvalue weighted by molar-refractivity contribution is 7.12. The zero-order valence-corrected chi connectivity index (χ0v) is 11.8. The average Bonchev–Trinajstić information content (AvgIpc) is 2.76. The van der Waals surface area contributed by atoms with Crippen molar-refractivity contribution in [3.8, 4) is 0 Å². The van der Waals surface area contributed by atoms with Crippen LogP contribution in [0.15, 0.2) is 11.4 Å². The van der Waals surface area contributed by atoms with Crippen molar-refractivity contribution in [1.82, 2.24) is 0 Å². The summed E-state index contributed by atoms with van der Waals surface area (Å²) < 4.78 is 0. The maximum absolute atomic E-state index is 12.3. The van der Waals surface area contributed by atoms with Crippen molar-refractivity contribution in [3.63, 3.8) is 0 Å². The standard InChI is InChI=1S/C14H19ClOS/c1-2-3-10-4-6-11(7-5-10)13(16)14-12(15)8-9-17-14/h8-11H,2-7H2,1H3. The molecule has 1 aliphatic carbocycles. The Balaban J connectivity index is 1.93. The van der Waals surface area contributed by atoms with E-state index in [2.05, 4.69) is 6.92 Å². The van der Waals surface area contributed by atoms with Gasteiger partial charge in [0, 0.05) is 5.92 Å². The van der Waals surface area contributed by atoms with Gasteiger partial charge in [-0.3, -0.25) is 4.79 Å². The summed E-state index contributed by atoms with van der Waals surface area (Å²) in [5.74, 6) is 1.35. The van der Waals surface area contributed by atoms with E-state index in [1.165, 1.54) is 37.0 Å². The number of thiophene rings is 1. The highest BCUT2D eigenvalue weighted by atomic mass is 35.5. The Hall–Kier alpha value is -0.340. The van der Waals surface area contributed by atoms with Gasteiger partial charge < -0.3 is 0 Å². The van der Waals surface area contributed by atoms with Crippen molar-refractivity contribution in [1.29, 1.82) is 0 Å². The van der Waals surface area contributed by atoms with Crippen LogP contribution in [0.2, 0.25) is 5.02 Å². The third-order valence-electron chi connectivity index (χ3n) is 3.76. The lowest BCUT2D eigenvalue weighted by Crippen LogP contribution is -2.21. The summed E-state index contributed by atoms with van der Waals surface area (Å²) in [5, 5.41) is 2.54. The fraction of sp³-hybridized carbons (Fsp3) is 0.643. The summed E-state index contributed by atoms with van der Waals surface area (Å²) in [6.45, 7) is 2.24. The molecule has 1 nitrogen and oxygen atoms in total. The second-order valence-electron chi connectivity index (χ2n) is 4.97. The summed E-state index contributed by atoms with van der Waals surface area (Å²) in [6, 6.07) is 1.82. The first kappa shape index (κ1) is 13.1. The van der Waals surface area contributed by atoms with Gasteiger partial charge in [0.1, 0.15) is 0 Å². The van der Waals surface area contributed by atoms with E-state index in [4.69, 9.17) is 11.6 Å². The topological polar surface area (TPSA) is 17.1 Å². The van der Waals surface area contributed by atoms with Crippen LogP contribution in [0.4, 0.5) is 0 Å². The molecule has 0 radical (unpaired) electrons. The minimum atomic E-state index is 0.222. The maximum Gasteiger partial charge on any atom is 0.177 e. The Labute approximate surface area is 112 Å². The van der Waals surface area contributed by atoms with E-state index >= 15 is 0 Å². The Bertz CT molecular complexity index is 377. The lowest BCUT2D eigenvalue weighted by atomic mass is 9.78. The molecule has 0 spiro atoms. The molecule has 0 atom stereocenters. The fourth-order valence-electron chi connectivity index (χ4n) is 2.78. The van der Waals surface area contributed by atoms with Crippen LogP contribution in [0.1, 0.15) is 55.1 Å². The number of hydrogen-bond donors (Lipinski definition) is 0. The number of halogens is 1. The fourth-order valence-corrected chi connectivity index (χ4v) is 3.94. The van der Waals surface area contributed by atoms with Gasteiger partial charge >= 0.3 is 0 Å². The second-order valence-corrected chi connectivity index (χ2v) is 6.29. The quantitative estimate of drug-likeness (QED) is 0.688. The first-order valence-corrected chi connectivity index (χ1v) is 7.75. The van der Waals surface area contributed by atoms with Crippen molar-refractivity contribution in [2.75, 3.05) is 0 Å². The van der Waals surface area contributed by atoms with Crippen LogP contribution in [-0.4, -0.2) is 5.78 Å². The van der Waals surface area contributed by atoms with Gasteiger partial charge in [-0.2, -0.15) is 0 Å². The molecule has 17 heavy (non-hydrogen) atoms. The number of carbonyl (C=O) groups excluding carboxylic acids is 1. The van der Waals surface area contributed by atoms with Crippen molar-refractivity contribution in [2.45, 2.75) is 45.4 Å². The molecule has 0 aliphatic heterocycles. The van der Waals surface area contributed by atoms with E-state index < -0.39 is 0 Å². The van der Waals surface area contributed by atoms with E-state index in [9.17, 15) is 4.79 Å². The highest BCUT2D eigenvalue weighted by Gasteiger charge is 2.28. The minimum absolute atomic E-state index is 0.222. The van der Waals surface area contributed by atoms with Crippen molar-refractivity contribution in [2.24, 2.45) is 11.8 Å². The molecule has 3 heteroatoms. The zero-order valence-electron chi connectivity index (χ0n) is 10.2. The first-order chi connectivity index (χ1) is 8.22. The Morgan fingerprint density at radius 3 is 2.65 bits per heavy atom. The van der Waals surface area contributed by atoms with Crippen LogP contribution in [0.25, 0.3) is 0 Å².